The third-order valence-corrected chi connectivity index (χ3v) is 5.20. The van der Waals surface area contributed by atoms with E-state index in [4.69, 9.17) is 4.74 Å². The zero-order valence-electron chi connectivity index (χ0n) is 17.4. The van der Waals surface area contributed by atoms with Crippen molar-refractivity contribution in [1.29, 1.82) is 0 Å². The number of carbonyl (C=O) groups is 1. The Balaban J connectivity index is 1.63. The van der Waals surface area contributed by atoms with Crippen molar-refractivity contribution in [3.05, 3.63) is 40.4 Å². The fraction of sp³-hybridized carbons (Fsp3) is 0.571. The van der Waals surface area contributed by atoms with Crippen molar-refractivity contribution in [3.8, 4) is 0 Å². The second kappa shape index (κ2) is 7.91. The summed E-state index contributed by atoms with van der Waals surface area (Å²) < 4.78 is 6.99. The molecule has 2 heterocycles. The van der Waals surface area contributed by atoms with Crippen LogP contribution in [0.1, 0.15) is 39.9 Å². The van der Waals surface area contributed by atoms with Crippen molar-refractivity contribution >= 4 is 17.0 Å². The van der Waals surface area contributed by atoms with Gasteiger partial charge in [-0.05, 0) is 58.7 Å². The molecule has 0 unspecified atom stereocenters. The van der Waals surface area contributed by atoms with Crippen molar-refractivity contribution in [3.63, 3.8) is 0 Å². The fourth-order valence-electron chi connectivity index (χ4n) is 3.63. The first-order valence-corrected chi connectivity index (χ1v) is 9.80. The second-order valence-corrected chi connectivity index (χ2v) is 8.63. The highest BCUT2D eigenvalue weighted by molar-refractivity contribution is 5.77. The van der Waals surface area contributed by atoms with Crippen molar-refractivity contribution in [2.75, 3.05) is 13.1 Å². The van der Waals surface area contributed by atoms with Gasteiger partial charge in [0.1, 0.15) is 11.4 Å². The molecule has 3 rings (SSSR count). The van der Waals surface area contributed by atoms with Gasteiger partial charge in [0.25, 0.3) is 5.56 Å². The van der Waals surface area contributed by atoms with E-state index in [2.05, 4.69) is 15.2 Å². The number of hydrogen-bond donors (Lipinski definition) is 1. The minimum atomic E-state index is -0.502. The summed E-state index contributed by atoms with van der Waals surface area (Å²) in [5.41, 5.74) is 0.213. The summed E-state index contributed by atoms with van der Waals surface area (Å²) in [6.45, 7) is 9.96. The molecule has 1 aromatic carbocycles. The fourth-order valence-corrected chi connectivity index (χ4v) is 3.63. The maximum atomic E-state index is 12.6. The van der Waals surface area contributed by atoms with Crippen LogP contribution in [0.5, 0.6) is 0 Å². The average molecular weight is 386 g/mol. The van der Waals surface area contributed by atoms with E-state index in [0.717, 1.165) is 30.9 Å². The number of nitrogens with one attached hydrogen (secondary N) is 1. The number of para-hydroxylation sites is 1. The van der Waals surface area contributed by atoms with Gasteiger partial charge in [-0.25, -0.2) is 9.78 Å². The van der Waals surface area contributed by atoms with Crippen LogP contribution in [0.25, 0.3) is 10.9 Å². The number of ether oxygens (including phenoxy) is 1. The number of fused-ring (bicyclic) bond motifs is 1. The van der Waals surface area contributed by atoms with Gasteiger partial charge >= 0.3 is 6.09 Å². The summed E-state index contributed by atoms with van der Waals surface area (Å²) in [5, 5.41) is 3.59. The normalized spacial score (nSPS) is 19.0. The lowest BCUT2D eigenvalue weighted by molar-refractivity contribution is 0.0492. The first-order valence-electron chi connectivity index (χ1n) is 9.80. The minimum absolute atomic E-state index is 0.0173. The number of hydrogen-bond acceptors (Lipinski definition) is 5. The molecule has 1 aromatic heterocycles. The molecule has 0 aliphatic carbocycles. The number of likely N-dealkylation sites (tertiary alicyclic amines) is 1. The predicted molar refractivity (Wildman–Crippen MR) is 109 cm³/mol. The van der Waals surface area contributed by atoms with Crippen molar-refractivity contribution in [2.45, 2.75) is 52.3 Å². The van der Waals surface area contributed by atoms with E-state index in [0.29, 0.717) is 17.8 Å². The Morgan fingerprint density at radius 3 is 2.79 bits per heavy atom. The van der Waals surface area contributed by atoms with Gasteiger partial charge in [0.05, 0.1) is 17.4 Å². The van der Waals surface area contributed by atoms with Gasteiger partial charge in [0, 0.05) is 19.6 Å². The molecular weight excluding hydrogens is 356 g/mol. The number of carbonyl (C=O) groups excluding carboxylic acids is 1. The van der Waals surface area contributed by atoms with Gasteiger partial charge in [-0.1, -0.05) is 12.1 Å². The molecule has 0 bridgehead atoms. The molecule has 1 N–H and O–H groups in total. The first kappa shape index (κ1) is 20.3. The molecule has 1 saturated heterocycles. The Kier molecular flexibility index (Phi) is 5.74. The summed E-state index contributed by atoms with van der Waals surface area (Å²) in [7, 11) is 1.78. The Bertz CT molecular complexity index is 916. The van der Waals surface area contributed by atoms with Crippen LogP contribution in [0.3, 0.4) is 0 Å². The van der Waals surface area contributed by atoms with Gasteiger partial charge in [0.2, 0.25) is 0 Å². The Morgan fingerprint density at radius 1 is 1.36 bits per heavy atom. The van der Waals surface area contributed by atoms with Crippen LogP contribution < -0.4 is 10.9 Å². The Hall–Kier alpha value is -2.41. The van der Waals surface area contributed by atoms with Crippen molar-refractivity contribution in [1.82, 2.24) is 19.8 Å². The van der Waals surface area contributed by atoms with E-state index in [1.165, 1.54) is 0 Å². The van der Waals surface area contributed by atoms with Crippen LogP contribution in [0.2, 0.25) is 0 Å². The topological polar surface area (TPSA) is 76.5 Å². The molecule has 152 valence electrons. The van der Waals surface area contributed by atoms with E-state index in [1.807, 2.05) is 52.0 Å². The monoisotopic (exact) mass is 386 g/mol. The smallest absolute Gasteiger partial charge is 0.407 e. The van der Waals surface area contributed by atoms with Gasteiger partial charge in [-0.15, -0.1) is 0 Å². The van der Waals surface area contributed by atoms with Crippen LogP contribution in [-0.4, -0.2) is 45.3 Å². The highest BCUT2D eigenvalue weighted by atomic mass is 16.6. The summed E-state index contributed by atoms with van der Waals surface area (Å²) in [6.07, 6.45) is 0.607. The molecule has 0 radical (unpaired) electrons. The highest BCUT2D eigenvalue weighted by Gasteiger charge is 2.29. The lowest BCUT2D eigenvalue weighted by Gasteiger charge is -2.25. The van der Waals surface area contributed by atoms with Crippen LogP contribution in [0.4, 0.5) is 4.79 Å². The average Bonchev–Trinajstić information content (AvgIpc) is 3.06. The largest absolute Gasteiger partial charge is 0.444 e. The molecule has 1 aliphatic heterocycles. The summed E-state index contributed by atoms with van der Waals surface area (Å²) in [5.74, 6) is 1.10. The SMILES string of the molecule is C[C@H](NC(=O)OC(C)(C)C)[C@H]1CCN(Cc2nc3ccccc3c(=O)n2C)C1. The molecule has 28 heavy (non-hydrogen) atoms. The maximum Gasteiger partial charge on any atom is 0.407 e. The van der Waals surface area contributed by atoms with Gasteiger partial charge in [-0.3, -0.25) is 14.3 Å². The summed E-state index contributed by atoms with van der Waals surface area (Å²) in [6, 6.07) is 7.46. The zero-order valence-corrected chi connectivity index (χ0v) is 17.4. The molecule has 7 heteroatoms. The third-order valence-electron chi connectivity index (χ3n) is 5.20. The molecule has 7 nitrogen and oxygen atoms in total. The standard InChI is InChI=1S/C21H30N4O3/c1-14(22-20(27)28-21(2,3)4)15-10-11-25(12-15)13-18-23-17-9-7-6-8-16(17)19(26)24(18)5/h6-9,14-15H,10-13H2,1-5H3,(H,22,27)/t14-,15-/m0/s1. The van der Waals surface area contributed by atoms with Crippen LogP contribution in [0.15, 0.2) is 29.1 Å². The first-order chi connectivity index (χ1) is 13.1. The lowest BCUT2D eigenvalue weighted by Crippen LogP contribution is -2.42. The third kappa shape index (κ3) is 4.70. The van der Waals surface area contributed by atoms with Gasteiger partial charge in [-0.2, -0.15) is 0 Å². The van der Waals surface area contributed by atoms with Crippen LogP contribution >= 0.6 is 0 Å². The Morgan fingerprint density at radius 2 is 2.07 bits per heavy atom. The van der Waals surface area contributed by atoms with Crippen LogP contribution in [0, 0.1) is 5.92 Å². The molecule has 1 amide bonds. The zero-order chi connectivity index (χ0) is 20.5. The number of benzene rings is 1. The van der Waals surface area contributed by atoms with E-state index >= 15 is 0 Å². The van der Waals surface area contributed by atoms with Gasteiger partial charge in [0.15, 0.2) is 0 Å². The number of rotatable bonds is 4. The van der Waals surface area contributed by atoms with Gasteiger partial charge < -0.3 is 10.1 Å². The number of nitrogens with zero attached hydrogens (tertiary/aromatic N) is 3. The van der Waals surface area contributed by atoms with E-state index in [-0.39, 0.29) is 17.7 Å². The van der Waals surface area contributed by atoms with Crippen molar-refractivity contribution in [2.24, 2.45) is 13.0 Å². The molecule has 2 aromatic rings. The number of alkyl carbamates (subject to hydrolysis) is 1. The quantitative estimate of drug-likeness (QED) is 0.874. The summed E-state index contributed by atoms with van der Waals surface area (Å²) in [4.78, 5) is 31.6. The van der Waals surface area contributed by atoms with Crippen LogP contribution in [-0.2, 0) is 18.3 Å². The molecule has 1 aliphatic rings. The number of aromatic nitrogens is 2. The molecule has 2 atom stereocenters. The molecular formula is C21H30N4O3. The minimum Gasteiger partial charge on any atom is -0.444 e. The molecule has 1 fully saturated rings. The van der Waals surface area contributed by atoms with E-state index < -0.39 is 5.60 Å². The van der Waals surface area contributed by atoms with E-state index in [1.54, 1.807) is 11.6 Å². The highest BCUT2D eigenvalue weighted by Crippen LogP contribution is 2.22. The maximum absolute atomic E-state index is 12.6. The van der Waals surface area contributed by atoms with Crippen molar-refractivity contribution < 1.29 is 9.53 Å². The Labute approximate surface area is 165 Å². The summed E-state index contributed by atoms with van der Waals surface area (Å²) >= 11 is 0. The molecule has 0 spiro atoms. The second-order valence-electron chi connectivity index (χ2n) is 8.63. The lowest BCUT2D eigenvalue weighted by atomic mass is 10.0. The number of amides is 1. The molecule has 0 saturated carbocycles. The predicted octanol–water partition coefficient (Wildman–Crippen LogP) is 2.67. The van der Waals surface area contributed by atoms with E-state index in [9.17, 15) is 9.59 Å².